The largest absolute Gasteiger partial charge is 0.464 e. The average Bonchev–Trinajstić information content (AvgIpc) is 3.80. The number of hydrogen-bond donors (Lipinski definition) is 1. The molecule has 7 aromatic rings. The van der Waals surface area contributed by atoms with Gasteiger partial charge < -0.3 is 14.7 Å². The molecule has 0 fully saturated rings. The number of rotatable bonds is 8. The van der Waals surface area contributed by atoms with E-state index in [1.807, 2.05) is 81.5 Å². The molecule has 2 N–H and O–H groups in total. The lowest BCUT2D eigenvalue weighted by Crippen LogP contribution is -2.17. The second kappa shape index (κ2) is 16.0. The average molecular weight is 695 g/mol. The van der Waals surface area contributed by atoms with Crippen LogP contribution in [0, 0.1) is 0 Å². The van der Waals surface area contributed by atoms with Crippen molar-refractivity contribution < 1.29 is 4.42 Å². The number of benzene rings is 5. The Hall–Kier alpha value is -6.20. The first-order valence-corrected chi connectivity index (χ1v) is 18.7. The Kier molecular flexibility index (Phi) is 10.6. The molecular weight excluding hydrogens is 649 g/mol. The zero-order valence-electron chi connectivity index (χ0n) is 30.8. The molecule has 5 aromatic carbocycles. The van der Waals surface area contributed by atoms with Gasteiger partial charge in [0, 0.05) is 38.4 Å². The maximum atomic E-state index is 7.00. The van der Waals surface area contributed by atoms with Crippen molar-refractivity contribution in [3.63, 3.8) is 0 Å². The molecule has 5 heteroatoms. The molecule has 0 bridgehead atoms. The second-order valence-corrected chi connectivity index (χ2v) is 13.1. The van der Waals surface area contributed by atoms with Gasteiger partial charge in [-0.25, -0.2) is 4.99 Å². The number of amidine groups is 2. The van der Waals surface area contributed by atoms with Crippen molar-refractivity contribution in [2.45, 2.75) is 46.5 Å². The maximum absolute atomic E-state index is 7.00. The zero-order valence-corrected chi connectivity index (χ0v) is 30.8. The Morgan fingerprint density at radius 2 is 1.70 bits per heavy atom. The fourth-order valence-electron chi connectivity index (χ4n) is 7.18. The Bertz CT molecular complexity index is 2590. The number of fused-ring (bicyclic) bond motifs is 2. The van der Waals surface area contributed by atoms with E-state index in [0.717, 1.165) is 81.0 Å². The highest BCUT2D eigenvalue weighted by Gasteiger charge is 2.21. The van der Waals surface area contributed by atoms with Gasteiger partial charge >= 0.3 is 0 Å². The molecule has 264 valence electrons. The van der Waals surface area contributed by atoms with Crippen molar-refractivity contribution in [1.29, 1.82) is 0 Å². The van der Waals surface area contributed by atoms with Crippen LogP contribution in [0.25, 0.3) is 54.8 Å². The summed E-state index contributed by atoms with van der Waals surface area (Å²) in [5, 5.41) is 5.74. The molecule has 53 heavy (non-hydrogen) atoms. The van der Waals surface area contributed by atoms with Crippen molar-refractivity contribution in [3.8, 4) is 5.69 Å². The summed E-state index contributed by atoms with van der Waals surface area (Å²) in [5.74, 6) is 1.02. The van der Waals surface area contributed by atoms with Gasteiger partial charge in [0.25, 0.3) is 0 Å². The van der Waals surface area contributed by atoms with E-state index in [1.54, 1.807) is 6.26 Å². The highest BCUT2D eigenvalue weighted by Crippen LogP contribution is 2.42. The topological polar surface area (TPSA) is 68.8 Å². The predicted molar refractivity (Wildman–Crippen MR) is 228 cm³/mol. The normalized spacial score (nSPS) is 15.9. The van der Waals surface area contributed by atoms with Crippen LogP contribution in [0.1, 0.15) is 63.1 Å². The van der Waals surface area contributed by atoms with E-state index < -0.39 is 0 Å². The smallest absolute Gasteiger partial charge is 0.157 e. The fraction of sp³-hybridized carbons (Fsp3) is 0.167. The highest BCUT2D eigenvalue weighted by molar-refractivity contribution is 6.29. The van der Waals surface area contributed by atoms with Gasteiger partial charge in [0.05, 0.1) is 23.8 Å². The molecule has 1 aliphatic carbocycles. The number of hydrogen-bond acceptors (Lipinski definition) is 2. The second-order valence-electron chi connectivity index (χ2n) is 13.1. The first-order valence-electron chi connectivity index (χ1n) is 18.7. The fourth-order valence-corrected chi connectivity index (χ4v) is 7.18. The molecule has 1 aliphatic rings. The van der Waals surface area contributed by atoms with E-state index in [1.165, 1.54) is 21.7 Å². The monoisotopic (exact) mass is 694 g/mol. The lowest BCUT2D eigenvalue weighted by molar-refractivity contribution is 0.619. The van der Waals surface area contributed by atoms with Crippen LogP contribution in [-0.4, -0.2) is 22.8 Å². The summed E-state index contributed by atoms with van der Waals surface area (Å²) in [6.07, 6.45) is 20.8. The van der Waals surface area contributed by atoms with Crippen molar-refractivity contribution >= 4 is 60.8 Å². The number of allylic oxidation sites excluding steroid dienone is 8. The number of nitrogens with two attached hydrogens (primary N) is 1. The van der Waals surface area contributed by atoms with Crippen molar-refractivity contribution in [2.75, 3.05) is 6.54 Å². The third-order valence-electron chi connectivity index (χ3n) is 9.71. The van der Waals surface area contributed by atoms with Gasteiger partial charge in [-0.3, -0.25) is 4.99 Å². The highest BCUT2D eigenvalue weighted by atomic mass is 16.3. The minimum absolute atomic E-state index is 0.394. The first-order chi connectivity index (χ1) is 26.1. The number of furan rings is 1. The first kappa shape index (κ1) is 35.2. The van der Waals surface area contributed by atoms with Gasteiger partial charge in [-0.15, -0.1) is 0 Å². The summed E-state index contributed by atoms with van der Waals surface area (Å²) in [6.45, 7) is 11.0. The molecule has 2 heterocycles. The number of nitrogens with zero attached hydrogens (tertiary/aromatic N) is 3. The van der Waals surface area contributed by atoms with E-state index >= 15 is 0 Å². The SMILES string of the molecule is C=C(/C=C\C=C/C)c1cc(C(N)=NC(=NC/C2=C/C/C=C\CCC2)c2ccccc2)cc(-n2c3cccc4ccc5c6occc6cc2c5c43)c1.CC. The molecule has 0 spiro atoms. The zero-order chi connectivity index (χ0) is 36.7. The van der Waals surface area contributed by atoms with Crippen LogP contribution in [0.5, 0.6) is 0 Å². The molecule has 0 amide bonds. The van der Waals surface area contributed by atoms with Gasteiger partial charge in [0.2, 0.25) is 0 Å². The standard InChI is InChI=1S/C46H40N4O.C2H6/c1-3-4-9-15-31(2)36-26-37(45(47)49-46(34-18-12-8-13-19-34)48-30-32-16-10-6-5-7-11-17-32)28-38(27-36)50-40-21-14-20-33-22-23-39-43(42(33)40)41(50)29-35-24-25-51-44(35)39;1-2/h3-6,8-9,12-16,18-29H,2,7,10-11,17,30H2,1H3,(H2,47,48,49);1-2H3/b4-3-,6-5-,15-9-,32-16+;. The number of aromatic nitrogens is 1. The van der Waals surface area contributed by atoms with Crippen molar-refractivity contribution in [3.05, 3.63) is 169 Å². The molecule has 2 aromatic heterocycles. The number of aliphatic imine (C=N–C) groups is 2. The van der Waals surface area contributed by atoms with Crippen LogP contribution in [0.2, 0.25) is 0 Å². The Morgan fingerprint density at radius 3 is 2.55 bits per heavy atom. The molecule has 8 rings (SSSR count). The minimum Gasteiger partial charge on any atom is -0.464 e. The van der Waals surface area contributed by atoms with Gasteiger partial charge in [-0.1, -0.05) is 117 Å². The summed E-state index contributed by atoms with van der Waals surface area (Å²) >= 11 is 0. The van der Waals surface area contributed by atoms with E-state index in [-0.39, 0.29) is 0 Å². The molecule has 0 saturated carbocycles. The maximum Gasteiger partial charge on any atom is 0.157 e. The summed E-state index contributed by atoms with van der Waals surface area (Å²) in [4.78, 5) is 10.1. The van der Waals surface area contributed by atoms with Gasteiger partial charge in [-0.2, -0.15) is 0 Å². The van der Waals surface area contributed by atoms with Gasteiger partial charge in [0.1, 0.15) is 11.4 Å². The lowest BCUT2D eigenvalue weighted by Gasteiger charge is -2.14. The van der Waals surface area contributed by atoms with Crippen molar-refractivity contribution in [1.82, 2.24) is 4.57 Å². The third-order valence-corrected chi connectivity index (χ3v) is 9.71. The van der Waals surface area contributed by atoms with E-state index in [9.17, 15) is 0 Å². The minimum atomic E-state index is 0.394. The Morgan fingerprint density at radius 1 is 0.849 bits per heavy atom. The molecule has 0 atom stereocenters. The molecular formula is C48H46N4O. The van der Waals surface area contributed by atoms with Crippen LogP contribution in [0.15, 0.2) is 166 Å². The van der Waals surface area contributed by atoms with Gasteiger partial charge in [-0.05, 0) is 91.6 Å². The summed E-state index contributed by atoms with van der Waals surface area (Å²) in [6, 6.07) is 31.6. The van der Waals surface area contributed by atoms with Crippen LogP contribution < -0.4 is 5.73 Å². The van der Waals surface area contributed by atoms with Crippen LogP contribution in [0.3, 0.4) is 0 Å². The molecule has 0 saturated heterocycles. The van der Waals surface area contributed by atoms with Crippen LogP contribution >= 0.6 is 0 Å². The molecule has 0 radical (unpaired) electrons. The molecule has 0 unspecified atom stereocenters. The molecule has 0 aliphatic heterocycles. The Balaban J connectivity index is 0.00000214. The third kappa shape index (κ3) is 7.16. The Labute approximate surface area is 311 Å². The van der Waals surface area contributed by atoms with E-state index in [2.05, 4.69) is 84.0 Å². The van der Waals surface area contributed by atoms with Crippen LogP contribution in [0.4, 0.5) is 0 Å². The van der Waals surface area contributed by atoms with E-state index in [0.29, 0.717) is 18.2 Å². The van der Waals surface area contributed by atoms with Crippen LogP contribution in [-0.2, 0) is 0 Å². The summed E-state index contributed by atoms with van der Waals surface area (Å²) < 4.78 is 8.33. The quantitative estimate of drug-likeness (QED) is 0.0565. The van der Waals surface area contributed by atoms with Crippen molar-refractivity contribution in [2.24, 2.45) is 15.7 Å². The summed E-state index contributed by atoms with van der Waals surface area (Å²) in [5.41, 5.74) is 16.0. The predicted octanol–water partition coefficient (Wildman–Crippen LogP) is 12.5. The molecule has 5 nitrogen and oxygen atoms in total. The van der Waals surface area contributed by atoms with Gasteiger partial charge in [0.15, 0.2) is 5.84 Å². The lowest BCUT2D eigenvalue weighted by atomic mass is 10.0. The van der Waals surface area contributed by atoms with E-state index in [4.69, 9.17) is 20.1 Å². The summed E-state index contributed by atoms with van der Waals surface area (Å²) in [7, 11) is 0.